The number of fused-ring (bicyclic) bond motifs is 1. The number of imidazole rings is 1. The minimum absolute atomic E-state index is 0.284. The van der Waals surface area contributed by atoms with E-state index >= 15 is 0 Å². The molecule has 0 spiro atoms. The number of hydrogen-bond donors (Lipinski definition) is 1. The van der Waals surface area contributed by atoms with Crippen molar-refractivity contribution in [2.45, 2.75) is 19.9 Å². The maximum absolute atomic E-state index is 11.3. The van der Waals surface area contributed by atoms with Crippen molar-refractivity contribution in [1.82, 2.24) is 14.5 Å². The van der Waals surface area contributed by atoms with Gasteiger partial charge in [0.1, 0.15) is 5.82 Å². The van der Waals surface area contributed by atoms with Crippen LogP contribution in [0.3, 0.4) is 0 Å². The number of carboxylic acids is 1. The van der Waals surface area contributed by atoms with E-state index in [1.807, 2.05) is 25.2 Å². The highest BCUT2D eigenvalue weighted by molar-refractivity contribution is 6.31. The topological polar surface area (TPSA) is 58.4 Å². The SMILES string of the molecule is CC1CC(C(=O)O)CN(Cc2nc3cc(Cl)ccc3n2C)C1. The van der Waals surface area contributed by atoms with E-state index < -0.39 is 5.97 Å². The van der Waals surface area contributed by atoms with Crippen LogP contribution in [0.4, 0.5) is 0 Å². The van der Waals surface area contributed by atoms with Crippen LogP contribution in [-0.4, -0.2) is 38.6 Å². The Morgan fingerprint density at radius 1 is 1.45 bits per heavy atom. The molecule has 2 heterocycles. The first kappa shape index (κ1) is 15.3. The molecule has 2 atom stereocenters. The zero-order valence-electron chi connectivity index (χ0n) is 12.8. The van der Waals surface area contributed by atoms with Gasteiger partial charge in [0.15, 0.2) is 0 Å². The lowest BCUT2D eigenvalue weighted by molar-refractivity contribution is -0.144. The minimum Gasteiger partial charge on any atom is -0.481 e. The van der Waals surface area contributed by atoms with Gasteiger partial charge in [-0.2, -0.15) is 0 Å². The van der Waals surface area contributed by atoms with Crippen molar-refractivity contribution in [3.63, 3.8) is 0 Å². The zero-order valence-corrected chi connectivity index (χ0v) is 13.5. The number of carboxylic acid groups (broad SMARTS) is 1. The number of likely N-dealkylation sites (tertiary alicyclic amines) is 1. The average Bonchev–Trinajstić information content (AvgIpc) is 2.74. The normalized spacial score (nSPS) is 23.0. The Kier molecular flexibility index (Phi) is 4.10. The molecule has 1 aliphatic heterocycles. The van der Waals surface area contributed by atoms with Crippen molar-refractivity contribution >= 4 is 28.6 Å². The number of nitrogens with zero attached hydrogens (tertiary/aromatic N) is 3. The molecule has 1 N–H and O–H groups in total. The van der Waals surface area contributed by atoms with Gasteiger partial charge in [0, 0.05) is 25.2 Å². The summed E-state index contributed by atoms with van der Waals surface area (Å²) in [4.78, 5) is 18.1. The Morgan fingerprint density at radius 3 is 2.95 bits per heavy atom. The highest BCUT2D eigenvalue weighted by Crippen LogP contribution is 2.25. The molecule has 1 fully saturated rings. The molecule has 0 saturated carbocycles. The third kappa shape index (κ3) is 2.96. The van der Waals surface area contributed by atoms with E-state index in [0.717, 1.165) is 29.8 Å². The molecular weight excluding hydrogens is 302 g/mol. The van der Waals surface area contributed by atoms with Gasteiger partial charge in [-0.25, -0.2) is 4.98 Å². The number of aromatic nitrogens is 2. The first-order chi connectivity index (χ1) is 10.4. The van der Waals surface area contributed by atoms with Crippen molar-refractivity contribution in [2.75, 3.05) is 13.1 Å². The zero-order chi connectivity index (χ0) is 15.9. The predicted octanol–water partition coefficient (Wildman–Crippen LogP) is 2.77. The number of rotatable bonds is 3. The van der Waals surface area contributed by atoms with Gasteiger partial charge >= 0.3 is 5.97 Å². The van der Waals surface area contributed by atoms with Crippen LogP contribution in [-0.2, 0) is 18.4 Å². The molecule has 0 aliphatic carbocycles. The van der Waals surface area contributed by atoms with Crippen molar-refractivity contribution in [1.29, 1.82) is 0 Å². The standard InChI is InChI=1S/C16H20ClN3O2/c1-10-5-11(16(21)22)8-20(7-10)9-15-18-13-6-12(17)3-4-14(13)19(15)2/h3-4,6,10-11H,5,7-9H2,1-2H3,(H,21,22). The summed E-state index contributed by atoms with van der Waals surface area (Å²) in [6, 6.07) is 5.69. The van der Waals surface area contributed by atoms with Gasteiger partial charge in [-0.1, -0.05) is 18.5 Å². The molecule has 22 heavy (non-hydrogen) atoms. The van der Waals surface area contributed by atoms with Crippen molar-refractivity contribution in [3.8, 4) is 0 Å². The third-order valence-corrected chi connectivity index (χ3v) is 4.62. The molecule has 1 aliphatic rings. The van der Waals surface area contributed by atoms with Crippen LogP contribution in [0.5, 0.6) is 0 Å². The van der Waals surface area contributed by atoms with Crippen molar-refractivity contribution in [3.05, 3.63) is 29.0 Å². The number of halogens is 1. The van der Waals surface area contributed by atoms with E-state index in [0.29, 0.717) is 24.0 Å². The van der Waals surface area contributed by atoms with Gasteiger partial charge in [-0.3, -0.25) is 9.69 Å². The summed E-state index contributed by atoms with van der Waals surface area (Å²) >= 11 is 6.02. The molecule has 118 valence electrons. The van der Waals surface area contributed by atoms with Crippen LogP contribution in [0.2, 0.25) is 5.02 Å². The number of hydrogen-bond acceptors (Lipinski definition) is 3. The quantitative estimate of drug-likeness (QED) is 0.944. The Hall–Kier alpha value is -1.59. The summed E-state index contributed by atoms with van der Waals surface area (Å²) in [7, 11) is 1.99. The molecule has 6 heteroatoms. The van der Waals surface area contributed by atoms with Crippen LogP contribution < -0.4 is 0 Å². The fourth-order valence-electron chi connectivity index (χ4n) is 3.33. The summed E-state index contributed by atoms with van der Waals surface area (Å²) in [6.07, 6.45) is 0.754. The van der Waals surface area contributed by atoms with Gasteiger partial charge in [-0.05, 0) is 30.5 Å². The molecule has 0 amide bonds. The molecule has 2 aromatic rings. The summed E-state index contributed by atoms with van der Waals surface area (Å²) in [5, 5.41) is 9.95. The maximum atomic E-state index is 11.3. The number of benzene rings is 1. The molecule has 1 saturated heterocycles. The van der Waals surface area contributed by atoms with Crippen LogP contribution in [0.1, 0.15) is 19.2 Å². The Labute approximate surface area is 134 Å². The van der Waals surface area contributed by atoms with Gasteiger partial charge < -0.3 is 9.67 Å². The summed E-state index contributed by atoms with van der Waals surface area (Å²) in [6.45, 7) is 4.27. The molecule has 0 bridgehead atoms. The molecule has 3 rings (SSSR count). The molecule has 0 radical (unpaired) electrons. The summed E-state index contributed by atoms with van der Waals surface area (Å²) in [5.41, 5.74) is 1.92. The lowest BCUT2D eigenvalue weighted by atomic mass is 9.90. The molecule has 1 aromatic carbocycles. The maximum Gasteiger partial charge on any atom is 0.307 e. The largest absolute Gasteiger partial charge is 0.481 e. The van der Waals surface area contributed by atoms with E-state index in [1.165, 1.54) is 0 Å². The van der Waals surface area contributed by atoms with Crippen LogP contribution in [0.25, 0.3) is 11.0 Å². The van der Waals surface area contributed by atoms with Crippen molar-refractivity contribution < 1.29 is 9.90 Å². The van der Waals surface area contributed by atoms with E-state index in [-0.39, 0.29) is 5.92 Å². The molecule has 2 unspecified atom stereocenters. The first-order valence-corrected chi connectivity index (χ1v) is 7.88. The summed E-state index contributed by atoms with van der Waals surface area (Å²) < 4.78 is 2.06. The van der Waals surface area contributed by atoms with Crippen LogP contribution in [0.15, 0.2) is 18.2 Å². The average molecular weight is 322 g/mol. The monoisotopic (exact) mass is 321 g/mol. The van der Waals surface area contributed by atoms with Gasteiger partial charge in [0.05, 0.1) is 23.5 Å². The molecular formula is C16H20ClN3O2. The number of carbonyl (C=O) groups is 1. The second kappa shape index (κ2) is 5.89. The first-order valence-electron chi connectivity index (χ1n) is 7.50. The van der Waals surface area contributed by atoms with E-state index in [1.54, 1.807) is 0 Å². The fraction of sp³-hybridized carbons (Fsp3) is 0.500. The van der Waals surface area contributed by atoms with Gasteiger partial charge in [0.25, 0.3) is 0 Å². The second-order valence-corrected chi connectivity index (χ2v) is 6.73. The predicted molar refractivity (Wildman–Crippen MR) is 85.9 cm³/mol. The highest BCUT2D eigenvalue weighted by Gasteiger charge is 2.30. The third-order valence-electron chi connectivity index (χ3n) is 4.39. The number of piperidine rings is 1. The minimum atomic E-state index is -0.701. The van der Waals surface area contributed by atoms with E-state index in [9.17, 15) is 9.90 Å². The Bertz CT molecular complexity index is 713. The second-order valence-electron chi connectivity index (χ2n) is 6.29. The lowest BCUT2D eigenvalue weighted by Gasteiger charge is -2.34. The van der Waals surface area contributed by atoms with E-state index in [2.05, 4.69) is 21.4 Å². The number of aryl methyl sites for hydroxylation is 1. The Balaban J connectivity index is 1.83. The molecule has 1 aromatic heterocycles. The van der Waals surface area contributed by atoms with Crippen LogP contribution >= 0.6 is 11.6 Å². The van der Waals surface area contributed by atoms with E-state index in [4.69, 9.17) is 11.6 Å². The summed E-state index contributed by atoms with van der Waals surface area (Å²) in [5.74, 6) is 0.343. The molecule has 5 nitrogen and oxygen atoms in total. The fourth-order valence-corrected chi connectivity index (χ4v) is 3.50. The highest BCUT2D eigenvalue weighted by atomic mass is 35.5. The smallest absolute Gasteiger partial charge is 0.307 e. The Morgan fingerprint density at radius 2 is 2.23 bits per heavy atom. The number of aliphatic carboxylic acids is 1. The van der Waals surface area contributed by atoms with Gasteiger partial charge in [0.2, 0.25) is 0 Å². The van der Waals surface area contributed by atoms with Gasteiger partial charge in [-0.15, -0.1) is 0 Å². The van der Waals surface area contributed by atoms with Crippen molar-refractivity contribution in [2.24, 2.45) is 18.9 Å². The lowest BCUT2D eigenvalue weighted by Crippen LogP contribution is -2.42. The van der Waals surface area contributed by atoms with Crippen LogP contribution in [0, 0.1) is 11.8 Å².